The van der Waals surface area contributed by atoms with Gasteiger partial charge in [0, 0.05) is 11.6 Å². The first-order valence-electron chi connectivity index (χ1n) is 5.48. The molecule has 0 aliphatic carbocycles. The maximum absolute atomic E-state index is 11.8. The van der Waals surface area contributed by atoms with Crippen LogP contribution in [0.2, 0.25) is 5.02 Å². The highest BCUT2D eigenvalue weighted by Crippen LogP contribution is 2.24. The van der Waals surface area contributed by atoms with Gasteiger partial charge in [0.2, 0.25) is 5.91 Å². The molecule has 2 amide bonds. The summed E-state index contributed by atoms with van der Waals surface area (Å²) in [6, 6.07) is 1.66. The largest absolute Gasteiger partial charge is 0.480 e. The zero-order valence-electron chi connectivity index (χ0n) is 10.4. The second-order valence-electron chi connectivity index (χ2n) is 3.96. The molecule has 21 heavy (non-hydrogen) atoms. The third-order valence-corrected chi connectivity index (χ3v) is 2.72. The smallest absolute Gasteiger partial charge is 0.326 e. The van der Waals surface area contributed by atoms with Crippen LogP contribution in [0.3, 0.4) is 0 Å². The average Bonchev–Trinajstić information content (AvgIpc) is 2.36. The summed E-state index contributed by atoms with van der Waals surface area (Å²) >= 11 is 5.64. The molecule has 1 atom stereocenters. The second kappa shape index (κ2) is 6.66. The Morgan fingerprint density at radius 3 is 2.48 bits per heavy atom. The summed E-state index contributed by atoms with van der Waals surface area (Å²) in [7, 11) is 0. The van der Waals surface area contributed by atoms with Crippen molar-refractivity contribution in [3.05, 3.63) is 38.9 Å². The second-order valence-corrected chi connectivity index (χ2v) is 4.37. The molecule has 0 fully saturated rings. The van der Waals surface area contributed by atoms with E-state index in [1.807, 2.05) is 0 Å². The summed E-state index contributed by atoms with van der Waals surface area (Å²) in [6.45, 7) is 0. The lowest BCUT2D eigenvalue weighted by Gasteiger charge is -2.12. The number of nitro groups is 1. The van der Waals surface area contributed by atoms with E-state index >= 15 is 0 Å². The highest BCUT2D eigenvalue weighted by Gasteiger charge is 2.23. The Hall–Kier alpha value is -2.68. The molecule has 0 unspecified atom stereocenters. The molecule has 0 aromatic heterocycles. The van der Waals surface area contributed by atoms with Crippen molar-refractivity contribution in [2.24, 2.45) is 5.73 Å². The predicted octanol–water partition coefficient (Wildman–Crippen LogP) is 0.307. The number of nitrogens with two attached hydrogens (primary N) is 1. The molecule has 0 heterocycles. The van der Waals surface area contributed by atoms with E-state index in [1.54, 1.807) is 0 Å². The monoisotopic (exact) mass is 315 g/mol. The van der Waals surface area contributed by atoms with Crippen LogP contribution in [-0.2, 0) is 9.59 Å². The maximum atomic E-state index is 11.8. The number of benzene rings is 1. The van der Waals surface area contributed by atoms with Gasteiger partial charge in [-0.1, -0.05) is 11.6 Å². The minimum absolute atomic E-state index is 0.0821. The fraction of sp³-hybridized carbons (Fsp3) is 0.182. The number of carboxylic acid groups (broad SMARTS) is 1. The molecule has 4 N–H and O–H groups in total. The van der Waals surface area contributed by atoms with Crippen LogP contribution < -0.4 is 11.1 Å². The van der Waals surface area contributed by atoms with Crippen LogP contribution in [-0.4, -0.2) is 33.9 Å². The number of carbonyl (C=O) groups excluding carboxylic acids is 2. The molecular formula is C11H10ClN3O6. The molecule has 1 aromatic rings. The Labute approximate surface area is 122 Å². The van der Waals surface area contributed by atoms with Crippen molar-refractivity contribution in [3.8, 4) is 0 Å². The van der Waals surface area contributed by atoms with Gasteiger partial charge in [-0.3, -0.25) is 19.7 Å². The van der Waals surface area contributed by atoms with Crippen LogP contribution >= 0.6 is 11.6 Å². The van der Waals surface area contributed by atoms with Gasteiger partial charge >= 0.3 is 5.97 Å². The number of nitrogens with zero attached hydrogens (tertiary/aromatic N) is 1. The number of nitrogens with one attached hydrogen (secondary N) is 1. The van der Waals surface area contributed by atoms with E-state index in [0.717, 1.165) is 18.2 Å². The number of primary amides is 1. The zero-order chi connectivity index (χ0) is 16.2. The molecule has 0 aliphatic rings. The molecule has 0 aliphatic heterocycles. The summed E-state index contributed by atoms with van der Waals surface area (Å²) in [5, 5.41) is 21.2. The Kier molecular flexibility index (Phi) is 5.19. The lowest BCUT2D eigenvalue weighted by atomic mass is 10.1. The van der Waals surface area contributed by atoms with Gasteiger partial charge in [-0.2, -0.15) is 0 Å². The fourth-order valence-corrected chi connectivity index (χ4v) is 1.69. The van der Waals surface area contributed by atoms with Crippen molar-refractivity contribution in [3.63, 3.8) is 0 Å². The van der Waals surface area contributed by atoms with Gasteiger partial charge in [0.05, 0.1) is 11.3 Å². The first kappa shape index (κ1) is 16.4. The Bertz CT molecular complexity index is 618. The van der Waals surface area contributed by atoms with Crippen molar-refractivity contribution in [1.29, 1.82) is 0 Å². The van der Waals surface area contributed by atoms with Crippen LogP contribution in [0, 0.1) is 10.1 Å². The van der Waals surface area contributed by atoms with E-state index in [0.29, 0.717) is 0 Å². The number of rotatable bonds is 6. The highest BCUT2D eigenvalue weighted by molar-refractivity contribution is 6.33. The molecule has 9 nitrogen and oxygen atoms in total. The summed E-state index contributed by atoms with van der Waals surface area (Å²) in [5.74, 6) is -3.18. The van der Waals surface area contributed by atoms with Crippen molar-refractivity contribution < 1.29 is 24.4 Å². The van der Waals surface area contributed by atoms with E-state index in [4.69, 9.17) is 22.4 Å². The van der Waals surface area contributed by atoms with Crippen LogP contribution in [0.25, 0.3) is 0 Å². The van der Waals surface area contributed by atoms with E-state index in [-0.39, 0.29) is 16.3 Å². The average molecular weight is 316 g/mol. The van der Waals surface area contributed by atoms with E-state index in [2.05, 4.69) is 5.32 Å². The van der Waals surface area contributed by atoms with Gasteiger partial charge in [0.15, 0.2) is 0 Å². The third-order valence-electron chi connectivity index (χ3n) is 2.42. The molecule has 0 radical (unpaired) electrons. The third kappa shape index (κ3) is 4.42. The molecular weight excluding hydrogens is 306 g/mol. The number of carbonyl (C=O) groups is 3. The number of hydrogen-bond donors (Lipinski definition) is 3. The number of hydrogen-bond acceptors (Lipinski definition) is 5. The fourth-order valence-electron chi connectivity index (χ4n) is 1.44. The maximum Gasteiger partial charge on any atom is 0.326 e. The van der Waals surface area contributed by atoms with Crippen molar-refractivity contribution >= 4 is 35.1 Å². The van der Waals surface area contributed by atoms with E-state index in [1.165, 1.54) is 0 Å². The molecule has 0 saturated carbocycles. The SMILES string of the molecule is NC(=O)C[C@@H](NC(=O)c1ccc([N+](=O)[O-])c(Cl)c1)C(=O)O. The van der Waals surface area contributed by atoms with Gasteiger partial charge in [-0.25, -0.2) is 4.79 Å². The van der Waals surface area contributed by atoms with Crippen molar-refractivity contribution in [1.82, 2.24) is 5.32 Å². The zero-order valence-corrected chi connectivity index (χ0v) is 11.2. The molecule has 0 bridgehead atoms. The number of amides is 2. The van der Waals surface area contributed by atoms with Crippen LogP contribution in [0.1, 0.15) is 16.8 Å². The Morgan fingerprint density at radius 1 is 1.43 bits per heavy atom. The van der Waals surface area contributed by atoms with Gasteiger partial charge in [-0.05, 0) is 12.1 Å². The van der Waals surface area contributed by atoms with E-state index < -0.39 is 35.2 Å². The van der Waals surface area contributed by atoms with Crippen molar-refractivity contribution in [2.45, 2.75) is 12.5 Å². The molecule has 1 rings (SSSR count). The normalized spacial score (nSPS) is 11.5. The standard InChI is InChI=1S/C11H10ClN3O6/c12-6-3-5(1-2-8(6)15(20)21)10(17)14-7(11(18)19)4-9(13)16/h1-3,7H,4H2,(H2,13,16)(H,14,17)(H,18,19)/t7-/m1/s1. The quantitative estimate of drug-likeness (QED) is 0.507. The lowest BCUT2D eigenvalue weighted by Crippen LogP contribution is -2.43. The topological polar surface area (TPSA) is 153 Å². The number of nitro benzene ring substituents is 1. The Morgan fingerprint density at radius 2 is 2.05 bits per heavy atom. The van der Waals surface area contributed by atoms with Crippen molar-refractivity contribution in [2.75, 3.05) is 0 Å². The predicted molar refractivity (Wildman–Crippen MR) is 70.8 cm³/mol. The van der Waals surface area contributed by atoms with Gasteiger partial charge < -0.3 is 16.2 Å². The minimum Gasteiger partial charge on any atom is -0.480 e. The Balaban J connectivity index is 2.93. The van der Waals surface area contributed by atoms with Crippen LogP contribution in [0.5, 0.6) is 0 Å². The molecule has 112 valence electrons. The molecule has 10 heteroatoms. The first-order valence-corrected chi connectivity index (χ1v) is 5.86. The molecule has 0 saturated heterocycles. The number of aliphatic carboxylic acids is 1. The summed E-state index contributed by atoms with van der Waals surface area (Å²) < 4.78 is 0. The minimum atomic E-state index is -1.50. The molecule has 1 aromatic carbocycles. The van der Waals surface area contributed by atoms with Crippen LogP contribution in [0.4, 0.5) is 5.69 Å². The number of halogens is 1. The van der Waals surface area contributed by atoms with Gasteiger partial charge in [0.25, 0.3) is 11.6 Å². The summed E-state index contributed by atoms with van der Waals surface area (Å²) in [6.07, 6.45) is -0.582. The van der Waals surface area contributed by atoms with Gasteiger partial charge in [0.1, 0.15) is 11.1 Å². The summed E-state index contributed by atoms with van der Waals surface area (Å²) in [4.78, 5) is 43.3. The summed E-state index contributed by atoms with van der Waals surface area (Å²) in [5.41, 5.74) is 4.40. The lowest BCUT2D eigenvalue weighted by molar-refractivity contribution is -0.384. The highest BCUT2D eigenvalue weighted by atomic mass is 35.5. The first-order chi connectivity index (χ1) is 9.72. The van der Waals surface area contributed by atoms with Gasteiger partial charge in [-0.15, -0.1) is 0 Å². The number of carboxylic acids is 1. The molecule has 0 spiro atoms. The van der Waals surface area contributed by atoms with Crippen LogP contribution in [0.15, 0.2) is 18.2 Å². The van der Waals surface area contributed by atoms with E-state index in [9.17, 15) is 24.5 Å².